The van der Waals surface area contributed by atoms with E-state index in [0.29, 0.717) is 12.1 Å². The van der Waals surface area contributed by atoms with Crippen LogP contribution in [0.5, 0.6) is 0 Å². The van der Waals surface area contributed by atoms with Crippen LogP contribution in [0.1, 0.15) is 27.2 Å². The summed E-state index contributed by atoms with van der Waals surface area (Å²) in [4.78, 5) is 10.4. The van der Waals surface area contributed by atoms with Crippen LogP contribution in [0.25, 0.3) is 0 Å². The first-order valence-corrected chi connectivity index (χ1v) is 6.43. The van der Waals surface area contributed by atoms with Gasteiger partial charge in [0.05, 0.1) is 11.0 Å². The molecule has 1 aromatic rings. The molecule has 0 bridgehead atoms. The topological polar surface area (TPSA) is 75.4 Å². The molecule has 19 heavy (non-hydrogen) atoms. The monoisotopic (exact) mass is 286 g/mol. The highest BCUT2D eigenvalue weighted by atomic mass is 35.5. The largest absolute Gasteiger partial charge is 0.391 e. The molecule has 0 aromatic heterocycles. The van der Waals surface area contributed by atoms with Crippen molar-refractivity contribution in [3.8, 4) is 0 Å². The molecule has 1 unspecified atom stereocenters. The lowest BCUT2D eigenvalue weighted by Crippen LogP contribution is -2.25. The van der Waals surface area contributed by atoms with E-state index in [4.69, 9.17) is 11.6 Å². The summed E-state index contributed by atoms with van der Waals surface area (Å²) in [7, 11) is 0. The van der Waals surface area contributed by atoms with E-state index in [1.165, 1.54) is 6.07 Å². The lowest BCUT2D eigenvalue weighted by atomic mass is 9.89. The van der Waals surface area contributed by atoms with Gasteiger partial charge in [-0.25, -0.2) is 0 Å². The predicted molar refractivity (Wildman–Crippen MR) is 76.7 cm³/mol. The summed E-state index contributed by atoms with van der Waals surface area (Å²) < 4.78 is 0. The highest BCUT2D eigenvalue weighted by Gasteiger charge is 2.20. The summed E-state index contributed by atoms with van der Waals surface area (Å²) in [5.74, 6) is 0. The van der Waals surface area contributed by atoms with Crippen LogP contribution in [-0.2, 0) is 0 Å². The highest BCUT2D eigenvalue weighted by molar-refractivity contribution is 6.33. The molecule has 0 radical (unpaired) electrons. The first-order valence-electron chi connectivity index (χ1n) is 6.05. The second-order valence-corrected chi connectivity index (χ2v) is 6.10. The normalized spacial score (nSPS) is 13.1. The number of halogens is 1. The number of nitrogens with zero attached hydrogens (tertiary/aromatic N) is 1. The maximum Gasteiger partial charge on any atom is 0.310 e. The Balaban J connectivity index is 2.73. The number of hydrogen-bond acceptors (Lipinski definition) is 4. The van der Waals surface area contributed by atoms with Gasteiger partial charge in [-0.1, -0.05) is 38.4 Å². The molecule has 0 amide bonds. The minimum Gasteiger partial charge on any atom is -0.391 e. The Morgan fingerprint density at radius 3 is 2.63 bits per heavy atom. The van der Waals surface area contributed by atoms with Crippen molar-refractivity contribution >= 4 is 23.0 Å². The van der Waals surface area contributed by atoms with Crippen molar-refractivity contribution in [3.05, 3.63) is 33.3 Å². The van der Waals surface area contributed by atoms with Crippen LogP contribution in [0.3, 0.4) is 0 Å². The molecule has 0 spiro atoms. The molecule has 2 N–H and O–H groups in total. The number of aliphatic hydroxyl groups is 1. The molecule has 0 saturated carbocycles. The first-order chi connectivity index (χ1) is 8.70. The van der Waals surface area contributed by atoms with Gasteiger partial charge in [-0.3, -0.25) is 10.1 Å². The number of hydrogen-bond donors (Lipinski definition) is 2. The SMILES string of the molecule is CC(C)(C)CC(O)CNc1cccc(Cl)c1[N+](=O)[O-]. The fraction of sp³-hybridized carbons (Fsp3) is 0.538. The van der Waals surface area contributed by atoms with Crippen molar-refractivity contribution in [1.82, 2.24) is 0 Å². The van der Waals surface area contributed by atoms with Gasteiger partial charge in [0.1, 0.15) is 10.7 Å². The third-order valence-corrected chi connectivity index (χ3v) is 2.85. The van der Waals surface area contributed by atoms with Crippen molar-refractivity contribution in [1.29, 1.82) is 0 Å². The molecular weight excluding hydrogens is 268 g/mol. The van der Waals surface area contributed by atoms with Crippen LogP contribution < -0.4 is 5.32 Å². The fourth-order valence-electron chi connectivity index (χ4n) is 1.85. The molecule has 1 aromatic carbocycles. The lowest BCUT2D eigenvalue weighted by molar-refractivity contribution is -0.383. The Bertz CT molecular complexity index is 458. The van der Waals surface area contributed by atoms with Gasteiger partial charge in [0.15, 0.2) is 0 Å². The van der Waals surface area contributed by atoms with Crippen molar-refractivity contribution in [2.45, 2.75) is 33.3 Å². The molecule has 5 nitrogen and oxygen atoms in total. The van der Waals surface area contributed by atoms with Crippen molar-refractivity contribution in [3.63, 3.8) is 0 Å². The summed E-state index contributed by atoms with van der Waals surface area (Å²) >= 11 is 5.80. The van der Waals surface area contributed by atoms with E-state index in [0.717, 1.165) is 0 Å². The number of anilines is 1. The molecule has 0 fully saturated rings. The van der Waals surface area contributed by atoms with Crippen molar-refractivity contribution in [2.24, 2.45) is 5.41 Å². The highest BCUT2D eigenvalue weighted by Crippen LogP contribution is 2.32. The quantitative estimate of drug-likeness (QED) is 0.642. The van der Waals surface area contributed by atoms with E-state index in [1.54, 1.807) is 12.1 Å². The van der Waals surface area contributed by atoms with E-state index >= 15 is 0 Å². The Kier molecular flexibility index (Phi) is 5.14. The summed E-state index contributed by atoms with van der Waals surface area (Å²) in [6, 6.07) is 4.68. The lowest BCUT2D eigenvalue weighted by Gasteiger charge is -2.22. The van der Waals surface area contributed by atoms with Gasteiger partial charge in [0.25, 0.3) is 0 Å². The molecule has 1 atom stereocenters. The van der Waals surface area contributed by atoms with Gasteiger partial charge >= 0.3 is 5.69 Å². The van der Waals surface area contributed by atoms with Crippen molar-refractivity contribution in [2.75, 3.05) is 11.9 Å². The predicted octanol–water partition coefficient (Wildman–Crippen LogP) is 3.46. The number of rotatable bonds is 5. The average molecular weight is 287 g/mol. The van der Waals surface area contributed by atoms with Gasteiger partial charge in [-0.05, 0) is 24.0 Å². The van der Waals surface area contributed by atoms with E-state index in [9.17, 15) is 15.2 Å². The smallest absolute Gasteiger partial charge is 0.310 e. The molecular formula is C13H19ClN2O3. The molecule has 0 aliphatic rings. The summed E-state index contributed by atoms with van der Waals surface area (Å²) in [6.45, 7) is 6.33. The maximum absolute atomic E-state index is 10.9. The Morgan fingerprint density at radius 1 is 1.47 bits per heavy atom. The number of aliphatic hydroxyl groups excluding tert-OH is 1. The van der Waals surface area contributed by atoms with Crippen LogP contribution in [0.2, 0.25) is 5.02 Å². The molecule has 0 aliphatic carbocycles. The van der Waals surface area contributed by atoms with E-state index in [1.807, 2.05) is 20.8 Å². The summed E-state index contributed by atoms with van der Waals surface area (Å²) in [5, 5.41) is 23.8. The van der Waals surface area contributed by atoms with E-state index < -0.39 is 11.0 Å². The fourth-order valence-corrected chi connectivity index (χ4v) is 2.09. The molecule has 106 valence electrons. The molecule has 0 aliphatic heterocycles. The summed E-state index contributed by atoms with van der Waals surface area (Å²) in [6.07, 6.45) is 0.0348. The third kappa shape index (κ3) is 5.04. The van der Waals surface area contributed by atoms with Gasteiger partial charge in [0, 0.05) is 6.54 Å². The first kappa shape index (κ1) is 15.7. The van der Waals surface area contributed by atoms with Crippen LogP contribution in [0.4, 0.5) is 11.4 Å². The molecule has 1 rings (SSSR count). The Labute approximate surface area is 117 Å². The molecule has 0 saturated heterocycles. The zero-order valence-electron chi connectivity index (χ0n) is 11.3. The number of para-hydroxylation sites is 1. The van der Waals surface area contributed by atoms with Crippen LogP contribution in [0.15, 0.2) is 18.2 Å². The maximum atomic E-state index is 10.9. The molecule has 6 heteroatoms. The van der Waals surface area contributed by atoms with Crippen molar-refractivity contribution < 1.29 is 10.0 Å². The molecule has 0 heterocycles. The van der Waals surface area contributed by atoms with E-state index in [2.05, 4.69) is 5.32 Å². The second-order valence-electron chi connectivity index (χ2n) is 5.69. The third-order valence-electron chi connectivity index (χ3n) is 2.55. The second kappa shape index (κ2) is 6.21. The zero-order valence-corrected chi connectivity index (χ0v) is 12.1. The average Bonchev–Trinajstić information content (AvgIpc) is 2.23. The standard InChI is InChI=1S/C13H19ClN2O3/c1-13(2,3)7-9(17)8-15-11-6-4-5-10(14)12(11)16(18)19/h4-6,9,15,17H,7-8H2,1-3H3. The zero-order chi connectivity index (χ0) is 14.6. The minimum absolute atomic E-state index is 0.00135. The number of nitrogens with one attached hydrogen (secondary N) is 1. The Morgan fingerprint density at radius 2 is 2.11 bits per heavy atom. The summed E-state index contributed by atoms with van der Waals surface area (Å²) in [5.41, 5.74) is 0.166. The Hall–Kier alpha value is -1.33. The van der Waals surface area contributed by atoms with Crippen LogP contribution in [0, 0.1) is 15.5 Å². The number of nitro benzene ring substituents is 1. The van der Waals surface area contributed by atoms with Gasteiger partial charge < -0.3 is 10.4 Å². The number of benzene rings is 1. The van der Waals surface area contributed by atoms with Gasteiger partial charge in [-0.15, -0.1) is 0 Å². The number of nitro groups is 1. The van der Waals surface area contributed by atoms with Crippen LogP contribution in [-0.4, -0.2) is 22.7 Å². The van der Waals surface area contributed by atoms with Gasteiger partial charge in [-0.2, -0.15) is 0 Å². The van der Waals surface area contributed by atoms with E-state index in [-0.39, 0.29) is 22.7 Å². The van der Waals surface area contributed by atoms with Gasteiger partial charge in [0.2, 0.25) is 0 Å². The minimum atomic E-state index is -0.571. The van der Waals surface area contributed by atoms with Crippen LogP contribution >= 0.6 is 11.6 Å².